The zero-order chi connectivity index (χ0) is 35.6. The number of carbonyl (C=O) groups excluding carboxylic acids is 3. The molecule has 2 amide bonds. The number of nitrogens with zero attached hydrogens (tertiary/aromatic N) is 3. The Balaban J connectivity index is 1.79. The van der Waals surface area contributed by atoms with Crippen LogP contribution in [0, 0.1) is 0 Å². The number of amides is 2. The summed E-state index contributed by atoms with van der Waals surface area (Å²) >= 11 is 0. The van der Waals surface area contributed by atoms with Gasteiger partial charge in [-0.2, -0.15) is 5.10 Å². The number of halogens is 3. The van der Waals surface area contributed by atoms with E-state index in [1.54, 1.807) is 59.7 Å². The van der Waals surface area contributed by atoms with Crippen molar-refractivity contribution in [2.45, 2.75) is 91.5 Å². The molecule has 2 heterocycles. The predicted molar refractivity (Wildman–Crippen MR) is 171 cm³/mol. The lowest BCUT2D eigenvalue weighted by Crippen LogP contribution is -2.33. The molecule has 4 rings (SSSR count). The van der Waals surface area contributed by atoms with Gasteiger partial charge in [0.2, 0.25) is 0 Å². The number of Topliss-reactive ketones (excluding diaryl/α,β-unsaturated/α-hetero) is 1. The summed E-state index contributed by atoms with van der Waals surface area (Å²) < 4.78 is 54.2. The normalized spacial score (nSPS) is 15.5. The molecular weight excluding hydrogens is 629 g/mol. The van der Waals surface area contributed by atoms with Gasteiger partial charge in [0.05, 0.1) is 23.9 Å². The maximum Gasteiger partial charge on any atom is 0.573 e. The van der Waals surface area contributed by atoms with Gasteiger partial charge in [0, 0.05) is 5.56 Å². The van der Waals surface area contributed by atoms with Gasteiger partial charge in [-0.15, -0.1) is 18.3 Å². The molecule has 0 spiro atoms. The number of ketones is 1. The molecule has 0 aliphatic carbocycles. The highest BCUT2D eigenvalue weighted by Gasteiger charge is 2.47. The number of ether oxygens (including phenoxy) is 3. The van der Waals surface area contributed by atoms with E-state index in [-0.39, 0.29) is 35.2 Å². The molecule has 1 atom stereocenters. The summed E-state index contributed by atoms with van der Waals surface area (Å²) in [6.45, 7) is 14.4. The molecule has 0 radical (unpaired) electrons. The first-order chi connectivity index (χ1) is 22.2. The lowest BCUT2D eigenvalue weighted by Gasteiger charge is -2.26. The standard InChI is InChI=1S/C35H39F3N4O6/c1-20(2)21-9-11-23(12-10-21)29(43)27-28(22-13-16-25(17-14-22)46-35(36,37)38)42(31(44)30(27)47-33(3,4)5)26-18-15-24(40-41-26)19-39-32(45)48-34(6,7)8/h9-18,20,28H,19H2,1-8H3,(H,39,45)/t28-/m1/s1. The number of rotatable bonds is 9. The van der Waals surface area contributed by atoms with E-state index in [0.29, 0.717) is 11.3 Å². The number of aromatic nitrogens is 2. The molecule has 0 saturated carbocycles. The van der Waals surface area contributed by atoms with Crippen molar-refractivity contribution in [3.05, 3.63) is 94.4 Å². The van der Waals surface area contributed by atoms with Crippen molar-refractivity contribution in [1.29, 1.82) is 0 Å². The molecule has 0 saturated heterocycles. The fourth-order valence-corrected chi connectivity index (χ4v) is 4.86. The highest BCUT2D eigenvalue weighted by molar-refractivity contribution is 6.21. The van der Waals surface area contributed by atoms with Gasteiger partial charge in [-0.25, -0.2) is 4.79 Å². The molecule has 13 heteroatoms. The average Bonchev–Trinajstić information content (AvgIpc) is 3.25. The fraction of sp³-hybridized carbons (Fsp3) is 0.400. The Bertz CT molecular complexity index is 1670. The summed E-state index contributed by atoms with van der Waals surface area (Å²) in [7, 11) is 0. The van der Waals surface area contributed by atoms with Crippen molar-refractivity contribution in [1.82, 2.24) is 15.5 Å². The van der Waals surface area contributed by atoms with Crippen LogP contribution >= 0.6 is 0 Å². The van der Waals surface area contributed by atoms with Crippen molar-refractivity contribution in [3.8, 4) is 5.75 Å². The van der Waals surface area contributed by atoms with E-state index in [9.17, 15) is 27.6 Å². The minimum absolute atomic E-state index is 0.0193. The van der Waals surface area contributed by atoms with Crippen LogP contribution in [0.15, 0.2) is 72.0 Å². The molecule has 1 N–H and O–H groups in total. The van der Waals surface area contributed by atoms with Gasteiger partial charge in [0.15, 0.2) is 17.4 Å². The van der Waals surface area contributed by atoms with E-state index in [4.69, 9.17) is 9.47 Å². The third-order valence-electron chi connectivity index (χ3n) is 6.88. The van der Waals surface area contributed by atoms with Crippen molar-refractivity contribution in [3.63, 3.8) is 0 Å². The lowest BCUT2D eigenvalue weighted by molar-refractivity contribution is -0.274. The van der Waals surface area contributed by atoms with E-state index in [1.165, 1.54) is 23.1 Å². The summed E-state index contributed by atoms with van der Waals surface area (Å²) in [6, 6.07) is 13.7. The Morgan fingerprint density at radius 3 is 1.98 bits per heavy atom. The van der Waals surface area contributed by atoms with Crippen LogP contribution in [-0.2, 0) is 20.8 Å². The number of hydrogen-bond donors (Lipinski definition) is 1. The lowest BCUT2D eigenvalue weighted by atomic mass is 9.91. The molecule has 3 aromatic rings. The van der Waals surface area contributed by atoms with Gasteiger partial charge >= 0.3 is 12.5 Å². The molecule has 0 unspecified atom stereocenters. The first-order valence-corrected chi connectivity index (χ1v) is 15.3. The molecule has 1 aliphatic rings. The van der Waals surface area contributed by atoms with E-state index in [2.05, 4.69) is 20.3 Å². The van der Waals surface area contributed by atoms with Crippen molar-refractivity contribution in [2.24, 2.45) is 0 Å². The van der Waals surface area contributed by atoms with Crippen molar-refractivity contribution >= 4 is 23.6 Å². The molecule has 0 fully saturated rings. The van der Waals surface area contributed by atoms with Gasteiger partial charge in [-0.1, -0.05) is 50.2 Å². The summed E-state index contributed by atoms with van der Waals surface area (Å²) in [5.41, 5.74) is 0.306. The zero-order valence-corrected chi connectivity index (χ0v) is 28.1. The van der Waals surface area contributed by atoms with E-state index < -0.39 is 47.1 Å². The summed E-state index contributed by atoms with van der Waals surface area (Å²) in [5.74, 6) is -1.65. The minimum atomic E-state index is -4.91. The van der Waals surface area contributed by atoms with Crippen LogP contribution in [0.4, 0.5) is 23.8 Å². The second-order valence-corrected chi connectivity index (χ2v) is 13.5. The third kappa shape index (κ3) is 9.11. The van der Waals surface area contributed by atoms with Crippen LogP contribution in [0.5, 0.6) is 5.75 Å². The number of anilines is 1. The predicted octanol–water partition coefficient (Wildman–Crippen LogP) is 7.56. The monoisotopic (exact) mass is 668 g/mol. The molecule has 256 valence electrons. The molecular formula is C35H39F3N4O6. The van der Waals surface area contributed by atoms with Crippen LogP contribution in [0.25, 0.3) is 0 Å². The Kier molecular flexibility index (Phi) is 10.2. The molecule has 0 bridgehead atoms. The second-order valence-electron chi connectivity index (χ2n) is 13.5. The number of benzene rings is 2. The number of nitrogens with one attached hydrogen (secondary N) is 1. The van der Waals surface area contributed by atoms with Gasteiger partial charge < -0.3 is 19.5 Å². The van der Waals surface area contributed by atoms with E-state index >= 15 is 0 Å². The summed E-state index contributed by atoms with van der Waals surface area (Å²) in [4.78, 5) is 41.9. The largest absolute Gasteiger partial charge is 0.573 e. The van der Waals surface area contributed by atoms with Crippen LogP contribution in [0.2, 0.25) is 0 Å². The Morgan fingerprint density at radius 2 is 1.48 bits per heavy atom. The SMILES string of the molecule is CC(C)c1ccc(C(=O)C2=C(OC(C)(C)C)C(=O)N(c3ccc(CNC(=O)OC(C)(C)C)nn3)[C@@H]2c2ccc(OC(F)(F)F)cc2)cc1. The zero-order valence-electron chi connectivity index (χ0n) is 28.1. The molecule has 10 nitrogen and oxygen atoms in total. The summed E-state index contributed by atoms with van der Waals surface area (Å²) in [6.07, 6.45) is -5.57. The number of carbonyl (C=O) groups is 3. The number of alkyl halides is 3. The molecule has 1 aromatic heterocycles. The summed E-state index contributed by atoms with van der Waals surface area (Å²) in [5, 5.41) is 11.0. The fourth-order valence-electron chi connectivity index (χ4n) is 4.86. The minimum Gasteiger partial charge on any atom is -0.482 e. The first-order valence-electron chi connectivity index (χ1n) is 15.3. The highest BCUT2D eigenvalue weighted by Crippen LogP contribution is 2.44. The Morgan fingerprint density at radius 1 is 0.854 bits per heavy atom. The van der Waals surface area contributed by atoms with E-state index in [0.717, 1.165) is 17.7 Å². The van der Waals surface area contributed by atoms with Crippen LogP contribution in [-0.4, -0.2) is 45.5 Å². The quantitative estimate of drug-likeness (QED) is 0.232. The van der Waals surface area contributed by atoms with Crippen LogP contribution in [0.3, 0.4) is 0 Å². The molecule has 48 heavy (non-hydrogen) atoms. The van der Waals surface area contributed by atoms with Crippen molar-refractivity contribution < 1.29 is 41.8 Å². The average molecular weight is 669 g/mol. The smallest absolute Gasteiger partial charge is 0.482 e. The Hall–Kier alpha value is -4.94. The van der Waals surface area contributed by atoms with Gasteiger partial charge in [-0.05, 0) is 82.9 Å². The maximum absolute atomic E-state index is 14.3. The molecule has 1 aliphatic heterocycles. The van der Waals surface area contributed by atoms with Crippen molar-refractivity contribution in [2.75, 3.05) is 4.90 Å². The third-order valence-corrected chi connectivity index (χ3v) is 6.88. The Labute approximate surface area is 277 Å². The van der Waals surface area contributed by atoms with Crippen LogP contribution in [0.1, 0.15) is 94.5 Å². The topological polar surface area (TPSA) is 120 Å². The number of hydrogen-bond acceptors (Lipinski definition) is 8. The molecule has 2 aromatic carbocycles. The van der Waals surface area contributed by atoms with Gasteiger partial charge in [-0.3, -0.25) is 14.5 Å². The van der Waals surface area contributed by atoms with Crippen LogP contribution < -0.4 is 15.0 Å². The van der Waals surface area contributed by atoms with Gasteiger partial charge in [0.25, 0.3) is 5.91 Å². The maximum atomic E-state index is 14.3. The second kappa shape index (κ2) is 13.7. The highest BCUT2D eigenvalue weighted by atomic mass is 19.4. The first kappa shape index (κ1) is 35.9. The number of alkyl carbamates (subject to hydrolysis) is 1. The van der Waals surface area contributed by atoms with E-state index in [1.807, 2.05) is 26.0 Å². The van der Waals surface area contributed by atoms with Gasteiger partial charge in [0.1, 0.15) is 17.0 Å².